The van der Waals surface area contributed by atoms with E-state index in [1.165, 1.54) is 4.90 Å². The van der Waals surface area contributed by atoms with Crippen LogP contribution in [0.15, 0.2) is 43.0 Å². The second-order valence-electron chi connectivity index (χ2n) is 6.04. The average molecular weight is 301 g/mol. The van der Waals surface area contributed by atoms with Crippen molar-refractivity contribution in [3.05, 3.63) is 48.6 Å². The SMILES string of the molecule is C=CCC(C(=O)N1C(=O)O[C@@H](c2ccccc2)[C@H]1C)C(C)C. The van der Waals surface area contributed by atoms with Crippen molar-refractivity contribution in [2.24, 2.45) is 11.8 Å². The molecule has 1 heterocycles. The molecule has 0 radical (unpaired) electrons. The maximum Gasteiger partial charge on any atom is 0.417 e. The van der Waals surface area contributed by atoms with Crippen LogP contribution in [0.1, 0.15) is 38.9 Å². The summed E-state index contributed by atoms with van der Waals surface area (Å²) in [7, 11) is 0. The zero-order chi connectivity index (χ0) is 16.3. The highest BCUT2D eigenvalue weighted by Crippen LogP contribution is 2.34. The van der Waals surface area contributed by atoms with Crippen LogP contribution >= 0.6 is 0 Å². The molecule has 4 nitrogen and oxygen atoms in total. The molecule has 0 saturated carbocycles. The Morgan fingerprint density at radius 1 is 1.36 bits per heavy atom. The van der Waals surface area contributed by atoms with Gasteiger partial charge in [0.1, 0.15) is 6.10 Å². The van der Waals surface area contributed by atoms with Gasteiger partial charge in [0, 0.05) is 5.92 Å². The van der Waals surface area contributed by atoms with Gasteiger partial charge >= 0.3 is 6.09 Å². The van der Waals surface area contributed by atoms with E-state index in [2.05, 4.69) is 6.58 Å². The third-order valence-corrected chi connectivity index (χ3v) is 4.18. The molecule has 0 aliphatic carbocycles. The van der Waals surface area contributed by atoms with E-state index < -0.39 is 12.2 Å². The van der Waals surface area contributed by atoms with Crippen molar-refractivity contribution >= 4 is 12.0 Å². The molecule has 1 saturated heterocycles. The third kappa shape index (κ3) is 3.06. The smallest absolute Gasteiger partial charge is 0.417 e. The monoisotopic (exact) mass is 301 g/mol. The molecule has 118 valence electrons. The molecule has 1 aliphatic heterocycles. The quantitative estimate of drug-likeness (QED) is 0.774. The van der Waals surface area contributed by atoms with Gasteiger partial charge < -0.3 is 4.74 Å². The number of benzene rings is 1. The van der Waals surface area contributed by atoms with Crippen molar-refractivity contribution in [2.45, 2.75) is 39.3 Å². The van der Waals surface area contributed by atoms with Gasteiger partial charge in [0.05, 0.1) is 6.04 Å². The van der Waals surface area contributed by atoms with Crippen LogP contribution in [0.5, 0.6) is 0 Å². The number of imide groups is 1. The molecular weight excluding hydrogens is 278 g/mol. The summed E-state index contributed by atoms with van der Waals surface area (Å²) in [6, 6.07) is 9.21. The first-order chi connectivity index (χ1) is 10.5. The lowest BCUT2D eigenvalue weighted by Crippen LogP contribution is -2.43. The van der Waals surface area contributed by atoms with Crippen LogP contribution in [0.2, 0.25) is 0 Å². The summed E-state index contributed by atoms with van der Waals surface area (Å²) in [6.07, 6.45) is 1.32. The second kappa shape index (κ2) is 6.77. The predicted octanol–water partition coefficient (Wildman–Crippen LogP) is 3.94. The Morgan fingerprint density at radius 3 is 2.55 bits per heavy atom. The van der Waals surface area contributed by atoms with Crippen molar-refractivity contribution in [1.82, 2.24) is 4.90 Å². The Labute approximate surface area is 131 Å². The van der Waals surface area contributed by atoms with Crippen molar-refractivity contribution in [3.8, 4) is 0 Å². The number of ether oxygens (including phenoxy) is 1. The maximum atomic E-state index is 12.8. The number of cyclic esters (lactones) is 1. The zero-order valence-corrected chi connectivity index (χ0v) is 13.4. The highest BCUT2D eigenvalue weighted by Gasteiger charge is 2.45. The summed E-state index contributed by atoms with van der Waals surface area (Å²) in [6.45, 7) is 9.52. The number of carbonyl (C=O) groups excluding carboxylic acids is 2. The predicted molar refractivity (Wildman–Crippen MR) is 85.1 cm³/mol. The largest absolute Gasteiger partial charge is 0.439 e. The molecule has 0 aromatic heterocycles. The molecule has 1 aliphatic rings. The molecule has 2 rings (SSSR count). The molecule has 0 N–H and O–H groups in total. The van der Waals surface area contributed by atoms with Crippen LogP contribution in [0.25, 0.3) is 0 Å². The highest BCUT2D eigenvalue weighted by molar-refractivity contribution is 5.95. The fourth-order valence-corrected chi connectivity index (χ4v) is 2.86. The van der Waals surface area contributed by atoms with E-state index in [1.807, 2.05) is 51.1 Å². The lowest BCUT2D eigenvalue weighted by molar-refractivity contribution is -0.134. The topological polar surface area (TPSA) is 46.6 Å². The second-order valence-corrected chi connectivity index (χ2v) is 6.04. The summed E-state index contributed by atoms with van der Waals surface area (Å²) in [5.74, 6) is -0.283. The molecule has 2 amide bonds. The number of hydrogen-bond donors (Lipinski definition) is 0. The average Bonchev–Trinajstić information content (AvgIpc) is 2.79. The molecule has 1 aromatic rings. The van der Waals surface area contributed by atoms with Gasteiger partial charge in [-0.3, -0.25) is 4.79 Å². The molecule has 1 unspecified atom stereocenters. The molecule has 4 heteroatoms. The van der Waals surface area contributed by atoms with Crippen LogP contribution in [0.4, 0.5) is 4.79 Å². The van der Waals surface area contributed by atoms with E-state index in [9.17, 15) is 9.59 Å². The zero-order valence-electron chi connectivity index (χ0n) is 13.4. The van der Waals surface area contributed by atoms with Gasteiger partial charge in [0.25, 0.3) is 0 Å². The Kier molecular flexibility index (Phi) is 5.01. The normalized spacial score (nSPS) is 22.5. The first kappa shape index (κ1) is 16.3. The molecule has 22 heavy (non-hydrogen) atoms. The van der Waals surface area contributed by atoms with Crippen molar-refractivity contribution in [2.75, 3.05) is 0 Å². The number of amides is 2. The summed E-state index contributed by atoms with van der Waals surface area (Å²) in [5, 5.41) is 0. The van der Waals surface area contributed by atoms with Crippen LogP contribution in [-0.4, -0.2) is 22.9 Å². The Morgan fingerprint density at radius 2 is 2.00 bits per heavy atom. The molecule has 3 atom stereocenters. The van der Waals surface area contributed by atoms with E-state index >= 15 is 0 Å². The summed E-state index contributed by atoms with van der Waals surface area (Å²) in [4.78, 5) is 26.2. The summed E-state index contributed by atoms with van der Waals surface area (Å²) < 4.78 is 5.44. The summed E-state index contributed by atoms with van der Waals surface area (Å²) in [5.41, 5.74) is 0.906. The Hall–Kier alpha value is -2.10. The number of rotatable bonds is 5. The van der Waals surface area contributed by atoms with Gasteiger partial charge in [-0.2, -0.15) is 0 Å². The standard InChI is InChI=1S/C18H23NO3/c1-5-9-15(12(2)3)17(20)19-13(4)16(22-18(19)21)14-10-7-6-8-11-14/h5-8,10-13,15-16H,1,9H2,2-4H3/t13-,15?,16-/m1/s1. The van der Waals surface area contributed by atoms with Gasteiger partial charge in [-0.05, 0) is 24.8 Å². The molecule has 0 spiro atoms. The number of hydrogen-bond acceptors (Lipinski definition) is 3. The van der Waals surface area contributed by atoms with E-state index in [-0.39, 0.29) is 23.8 Å². The Balaban J connectivity index is 2.23. The fourth-order valence-electron chi connectivity index (χ4n) is 2.86. The van der Waals surface area contributed by atoms with Crippen molar-refractivity contribution < 1.29 is 14.3 Å². The van der Waals surface area contributed by atoms with Crippen LogP contribution in [0.3, 0.4) is 0 Å². The molecule has 1 aromatic carbocycles. The lowest BCUT2D eigenvalue weighted by atomic mass is 9.90. The van der Waals surface area contributed by atoms with Gasteiger partial charge in [-0.15, -0.1) is 6.58 Å². The Bertz CT molecular complexity index is 553. The van der Waals surface area contributed by atoms with E-state index in [0.29, 0.717) is 6.42 Å². The molecule has 0 bridgehead atoms. The van der Waals surface area contributed by atoms with Gasteiger partial charge in [-0.25, -0.2) is 9.69 Å². The van der Waals surface area contributed by atoms with Crippen molar-refractivity contribution in [3.63, 3.8) is 0 Å². The van der Waals surface area contributed by atoms with Crippen LogP contribution < -0.4 is 0 Å². The van der Waals surface area contributed by atoms with Gasteiger partial charge in [-0.1, -0.05) is 50.3 Å². The van der Waals surface area contributed by atoms with Gasteiger partial charge in [0.2, 0.25) is 5.91 Å². The fraction of sp³-hybridized carbons (Fsp3) is 0.444. The van der Waals surface area contributed by atoms with Crippen LogP contribution in [-0.2, 0) is 9.53 Å². The van der Waals surface area contributed by atoms with E-state index in [1.54, 1.807) is 6.08 Å². The maximum absolute atomic E-state index is 12.8. The first-order valence-electron chi connectivity index (χ1n) is 7.66. The van der Waals surface area contributed by atoms with Crippen LogP contribution in [0, 0.1) is 11.8 Å². The minimum absolute atomic E-state index is 0.140. The molecular formula is C18H23NO3. The van der Waals surface area contributed by atoms with E-state index in [0.717, 1.165) is 5.56 Å². The number of allylic oxidation sites excluding steroid dienone is 1. The lowest BCUT2D eigenvalue weighted by Gasteiger charge is -2.25. The first-order valence-corrected chi connectivity index (χ1v) is 7.66. The third-order valence-electron chi connectivity index (χ3n) is 4.18. The highest BCUT2D eigenvalue weighted by atomic mass is 16.6. The number of carbonyl (C=O) groups is 2. The summed E-state index contributed by atoms with van der Waals surface area (Å²) >= 11 is 0. The minimum Gasteiger partial charge on any atom is -0.439 e. The van der Waals surface area contributed by atoms with Crippen molar-refractivity contribution in [1.29, 1.82) is 0 Å². The molecule has 1 fully saturated rings. The van der Waals surface area contributed by atoms with E-state index in [4.69, 9.17) is 4.74 Å². The van der Waals surface area contributed by atoms with Gasteiger partial charge in [0.15, 0.2) is 0 Å². The number of nitrogens with zero attached hydrogens (tertiary/aromatic N) is 1. The minimum atomic E-state index is -0.555.